The van der Waals surface area contributed by atoms with Crippen LogP contribution in [-0.2, 0) is 0 Å². The Balaban J connectivity index is 3.98. The summed E-state index contributed by atoms with van der Waals surface area (Å²) in [6.07, 6.45) is 0. The van der Waals surface area contributed by atoms with Gasteiger partial charge < -0.3 is 0 Å². The van der Waals surface area contributed by atoms with E-state index in [-0.39, 0.29) is 0 Å². The fraction of sp³-hybridized carbons (Fsp3) is 1.00. The van der Waals surface area contributed by atoms with Gasteiger partial charge in [-0.3, -0.25) is 0 Å². The molecule has 0 bridgehead atoms. The maximum atomic E-state index is 2.38. The van der Waals surface area contributed by atoms with Crippen LogP contribution >= 0.6 is 0 Å². The fourth-order valence-corrected chi connectivity index (χ4v) is 9.30. The minimum absolute atomic E-state index is 1.64. The molecule has 62 valence electrons. The van der Waals surface area contributed by atoms with Gasteiger partial charge in [-0.05, 0) is 0 Å². The zero-order valence-electron chi connectivity index (χ0n) is 7.92. The third-order valence-corrected chi connectivity index (χ3v) is 9.30. The molecule has 0 rings (SSSR count). The Hall–Kier alpha value is 0.750. The van der Waals surface area contributed by atoms with Gasteiger partial charge in [-0.2, -0.15) is 0 Å². The molecule has 0 atom stereocenters. The van der Waals surface area contributed by atoms with E-state index in [1.54, 1.807) is 0 Å². The molecule has 0 radical (unpaired) electrons. The second-order valence-corrected chi connectivity index (χ2v) is 14.1. The van der Waals surface area contributed by atoms with Crippen LogP contribution in [0.1, 0.15) is 0 Å². The van der Waals surface area contributed by atoms with Gasteiger partial charge in [0, 0.05) is 0 Å². The van der Waals surface area contributed by atoms with Gasteiger partial charge in [0.2, 0.25) is 0 Å². The first-order valence-corrected chi connectivity index (χ1v) is 7.88. The molecule has 0 N–H and O–H groups in total. The second-order valence-electron chi connectivity index (χ2n) is 3.24. The van der Waals surface area contributed by atoms with Crippen LogP contribution in [0, 0.1) is 0 Å². The molecule has 0 saturated heterocycles. The van der Waals surface area contributed by atoms with Gasteiger partial charge in [0.05, 0.1) is 0 Å². The van der Waals surface area contributed by atoms with Crippen LogP contribution in [0.4, 0.5) is 0 Å². The van der Waals surface area contributed by atoms with Crippen LogP contribution in [0.3, 0.4) is 0 Å². The number of hydrogen-bond donors (Lipinski definition) is 0. The SMILES string of the molecule is C[N](C)[In-2]([N](C)C)[N](C)C. The molecular weight excluding hydrogens is 229 g/mol. The monoisotopic (exact) mass is 247 g/mol. The molecule has 0 amide bonds. The number of hydrogen-bond acceptors (Lipinski definition) is 3. The van der Waals surface area contributed by atoms with Crippen molar-refractivity contribution in [3.05, 3.63) is 0 Å². The van der Waals surface area contributed by atoms with Gasteiger partial charge >= 0.3 is 73.2 Å². The summed E-state index contributed by atoms with van der Waals surface area (Å²) in [5.41, 5.74) is 0. The topological polar surface area (TPSA) is 9.72 Å². The summed E-state index contributed by atoms with van der Waals surface area (Å²) in [4.78, 5) is 0. The van der Waals surface area contributed by atoms with Crippen LogP contribution in [-0.4, -0.2) is 73.2 Å². The molecule has 0 heterocycles. The second kappa shape index (κ2) is 4.59. The standard InChI is InChI=1S/3C2H6N.In/c3*1-3-2;/h3*1-2H3;/q3*-1;+1. The van der Waals surface area contributed by atoms with Crippen LogP contribution in [0.25, 0.3) is 0 Å². The Kier molecular flexibility index (Phi) is 4.94. The zero-order valence-corrected chi connectivity index (χ0v) is 11.2. The van der Waals surface area contributed by atoms with Crippen LogP contribution in [0.2, 0.25) is 0 Å². The minimum atomic E-state index is -1.64. The Labute approximate surface area is 73.3 Å². The molecule has 0 saturated carbocycles. The summed E-state index contributed by atoms with van der Waals surface area (Å²) in [7, 11) is 13.0. The Bertz CT molecular complexity index is 74.0. The summed E-state index contributed by atoms with van der Waals surface area (Å²) in [6.45, 7) is 0. The van der Waals surface area contributed by atoms with Crippen molar-refractivity contribution < 1.29 is 0 Å². The molecular formula is C6H18InN3-2. The van der Waals surface area contributed by atoms with Crippen molar-refractivity contribution in [2.75, 3.05) is 42.3 Å². The first kappa shape index (κ1) is 10.8. The fourth-order valence-electron chi connectivity index (χ4n) is 1.39. The maximum absolute atomic E-state index is 2.38. The third-order valence-electron chi connectivity index (χ3n) is 1.39. The van der Waals surface area contributed by atoms with Crippen LogP contribution in [0.5, 0.6) is 0 Å². The summed E-state index contributed by atoms with van der Waals surface area (Å²) in [5.74, 6) is 0. The summed E-state index contributed by atoms with van der Waals surface area (Å²) < 4.78 is 7.13. The van der Waals surface area contributed by atoms with Gasteiger partial charge in [-0.1, -0.05) is 0 Å². The van der Waals surface area contributed by atoms with E-state index in [4.69, 9.17) is 0 Å². The Morgan fingerprint density at radius 1 is 0.600 bits per heavy atom. The summed E-state index contributed by atoms with van der Waals surface area (Å²) in [5, 5.41) is 0. The predicted octanol–water partition coefficient (Wildman–Crippen LogP) is -0.344. The molecule has 0 aromatic rings. The molecule has 0 aromatic heterocycles. The van der Waals surface area contributed by atoms with E-state index >= 15 is 0 Å². The van der Waals surface area contributed by atoms with Crippen molar-refractivity contribution in [2.24, 2.45) is 0 Å². The van der Waals surface area contributed by atoms with E-state index in [9.17, 15) is 0 Å². The average Bonchev–Trinajstić information content (AvgIpc) is 1.59. The molecule has 0 aliphatic carbocycles. The first-order valence-electron chi connectivity index (χ1n) is 3.46. The molecule has 0 aliphatic rings. The molecule has 4 heteroatoms. The van der Waals surface area contributed by atoms with Gasteiger partial charge in [0.25, 0.3) is 0 Å². The van der Waals surface area contributed by atoms with Crippen molar-refractivity contribution in [3.63, 3.8) is 0 Å². The van der Waals surface area contributed by atoms with E-state index in [1.165, 1.54) is 0 Å². The predicted molar refractivity (Wildman–Crippen MR) is 46.8 cm³/mol. The third kappa shape index (κ3) is 3.23. The first-order chi connectivity index (χ1) is 4.46. The molecule has 0 unspecified atom stereocenters. The van der Waals surface area contributed by atoms with Crippen molar-refractivity contribution in [2.45, 2.75) is 0 Å². The van der Waals surface area contributed by atoms with Crippen molar-refractivity contribution in [1.29, 1.82) is 0 Å². The summed E-state index contributed by atoms with van der Waals surface area (Å²) >= 11 is -1.64. The van der Waals surface area contributed by atoms with Crippen molar-refractivity contribution in [1.82, 2.24) is 8.66 Å². The Morgan fingerprint density at radius 2 is 0.800 bits per heavy atom. The molecule has 10 heavy (non-hydrogen) atoms. The van der Waals surface area contributed by atoms with Gasteiger partial charge in [0.1, 0.15) is 0 Å². The van der Waals surface area contributed by atoms with E-state index in [1.807, 2.05) is 0 Å². The molecule has 3 nitrogen and oxygen atoms in total. The molecule has 0 aliphatic heterocycles. The Morgan fingerprint density at radius 3 is 0.800 bits per heavy atom. The molecule has 0 spiro atoms. The number of rotatable bonds is 3. The quantitative estimate of drug-likeness (QED) is 0.675. The summed E-state index contributed by atoms with van der Waals surface area (Å²) in [6, 6.07) is 0. The molecule has 0 fully saturated rings. The van der Waals surface area contributed by atoms with E-state index < -0.39 is 22.3 Å². The molecule has 0 aromatic carbocycles. The van der Waals surface area contributed by atoms with Gasteiger partial charge in [-0.25, -0.2) is 0 Å². The van der Waals surface area contributed by atoms with Crippen LogP contribution in [0.15, 0.2) is 0 Å². The average molecular weight is 247 g/mol. The van der Waals surface area contributed by atoms with Crippen molar-refractivity contribution in [3.8, 4) is 0 Å². The van der Waals surface area contributed by atoms with E-state index in [0.717, 1.165) is 0 Å². The van der Waals surface area contributed by atoms with Gasteiger partial charge in [-0.15, -0.1) is 0 Å². The zero-order chi connectivity index (χ0) is 8.31. The van der Waals surface area contributed by atoms with E-state index in [2.05, 4.69) is 50.9 Å². The van der Waals surface area contributed by atoms with E-state index in [0.29, 0.717) is 0 Å². The normalized spacial score (nSPS) is 12.6. The van der Waals surface area contributed by atoms with Crippen molar-refractivity contribution >= 4 is 22.3 Å². The van der Waals surface area contributed by atoms with Crippen LogP contribution < -0.4 is 0 Å². The number of nitrogens with zero attached hydrogens (tertiary/aromatic N) is 3. The van der Waals surface area contributed by atoms with Gasteiger partial charge in [0.15, 0.2) is 0 Å².